The van der Waals surface area contributed by atoms with Crippen LogP contribution < -0.4 is 10.1 Å². The molecule has 0 heterocycles. The van der Waals surface area contributed by atoms with Crippen LogP contribution in [0.3, 0.4) is 0 Å². The molecule has 96 valence electrons. The number of carbonyl (C=O) groups excluding carboxylic acids is 1. The van der Waals surface area contributed by atoms with E-state index in [0.717, 1.165) is 0 Å². The molecule has 1 aromatic rings. The van der Waals surface area contributed by atoms with Crippen LogP contribution in [0.2, 0.25) is 0 Å². The van der Waals surface area contributed by atoms with Crippen molar-refractivity contribution in [3.05, 3.63) is 29.8 Å². The standard InChI is InChI=1S/C12H14N2O3S/c1-18(16)7-6-14-12(15)9-17-11-5-3-2-4-10(11)8-13/h2-5H,6-7,9H2,1H3,(H,14,15). The minimum absolute atomic E-state index is 0.158. The van der Waals surface area contributed by atoms with Crippen molar-refractivity contribution in [2.45, 2.75) is 0 Å². The van der Waals surface area contributed by atoms with Crippen molar-refractivity contribution in [2.24, 2.45) is 0 Å². The summed E-state index contributed by atoms with van der Waals surface area (Å²) in [6.45, 7) is 0.195. The average molecular weight is 266 g/mol. The smallest absolute Gasteiger partial charge is 0.257 e. The van der Waals surface area contributed by atoms with Crippen molar-refractivity contribution in [2.75, 3.05) is 25.2 Å². The first-order chi connectivity index (χ1) is 8.63. The van der Waals surface area contributed by atoms with E-state index < -0.39 is 10.8 Å². The Labute approximate surface area is 108 Å². The topological polar surface area (TPSA) is 79.2 Å². The lowest BCUT2D eigenvalue weighted by atomic mass is 10.2. The largest absolute Gasteiger partial charge is 0.482 e. The summed E-state index contributed by atoms with van der Waals surface area (Å²) in [5.41, 5.74) is 0.389. The van der Waals surface area contributed by atoms with Gasteiger partial charge in [0.2, 0.25) is 0 Å². The summed E-state index contributed by atoms with van der Waals surface area (Å²) in [7, 11) is -0.926. The molecule has 0 aliphatic heterocycles. The van der Waals surface area contributed by atoms with Gasteiger partial charge < -0.3 is 10.1 Å². The third-order valence-corrected chi connectivity index (χ3v) is 2.86. The van der Waals surface area contributed by atoms with Gasteiger partial charge in [-0.05, 0) is 12.1 Å². The lowest BCUT2D eigenvalue weighted by Crippen LogP contribution is -2.31. The first-order valence-electron chi connectivity index (χ1n) is 5.32. The highest BCUT2D eigenvalue weighted by molar-refractivity contribution is 7.84. The zero-order chi connectivity index (χ0) is 13.4. The lowest BCUT2D eigenvalue weighted by molar-refractivity contribution is -0.122. The number of carbonyl (C=O) groups is 1. The van der Waals surface area contributed by atoms with Crippen LogP contribution in [0.25, 0.3) is 0 Å². The maximum Gasteiger partial charge on any atom is 0.257 e. The predicted molar refractivity (Wildman–Crippen MR) is 68.6 cm³/mol. The number of para-hydroxylation sites is 1. The van der Waals surface area contributed by atoms with E-state index in [0.29, 0.717) is 23.6 Å². The van der Waals surface area contributed by atoms with Gasteiger partial charge in [0.05, 0.1) is 5.56 Å². The van der Waals surface area contributed by atoms with E-state index in [9.17, 15) is 9.00 Å². The molecule has 0 aliphatic carbocycles. The number of hydrogen-bond acceptors (Lipinski definition) is 4. The van der Waals surface area contributed by atoms with Crippen molar-refractivity contribution in [1.29, 1.82) is 5.26 Å². The van der Waals surface area contributed by atoms with Gasteiger partial charge in [-0.25, -0.2) is 0 Å². The van der Waals surface area contributed by atoms with Gasteiger partial charge in [0.25, 0.3) is 5.91 Å². The number of amides is 1. The second-order valence-corrected chi connectivity index (χ2v) is 5.08. The van der Waals surface area contributed by atoms with E-state index in [1.54, 1.807) is 30.5 Å². The Morgan fingerprint density at radius 1 is 1.50 bits per heavy atom. The highest BCUT2D eigenvalue weighted by atomic mass is 32.2. The normalized spacial score (nSPS) is 11.3. The fraction of sp³-hybridized carbons (Fsp3) is 0.333. The molecule has 1 rings (SSSR count). The van der Waals surface area contributed by atoms with Gasteiger partial charge in [0.1, 0.15) is 11.8 Å². The molecule has 0 fully saturated rings. The maximum absolute atomic E-state index is 11.4. The second kappa shape index (κ2) is 7.45. The summed E-state index contributed by atoms with van der Waals surface area (Å²) in [4.78, 5) is 11.4. The number of nitriles is 1. The number of hydrogen-bond donors (Lipinski definition) is 1. The minimum atomic E-state index is -0.926. The highest BCUT2D eigenvalue weighted by Crippen LogP contribution is 2.15. The van der Waals surface area contributed by atoms with Gasteiger partial charge >= 0.3 is 0 Å². The molecule has 1 amide bonds. The molecule has 5 nitrogen and oxygen atoms in total. The average Bonchev–Trinajstić information content (AvgIpc) is 2.36. The summed E-state index contributed by atoms with van der Waals surface area (Å²) >= 11 is 0. The SMILES string of the molecule is CS(=O)CCNC(=O)COc1ccccc1C#N. The van der Waals surface area contributed by atoms with Gasteiger partial charge in [-0.15, -0.1) is 0 Å². The summed E-state index contributed by atoms with van der Waals surface area (Å²) in [5, 5.41) is 11.4. The number of nitrogens with one attached hydrogen (secondary N) is 1. The first-order valence-corrected chi connectivity index (χ1v) is 7.05. The van der Waals surface area contributed by atoms with Crippen LogP contribution in [0.1, 0.15) is 5.56 Å². The van der Waals surface area contributed by atoms with Crippen LogP contribution in [-0.2, 0) is 15.6 Å². The van der Waals surface area contributed by atoms with Crippen LogP contribution in [-0.4, -0.2) is 35.3 Å². The zero-order valence-electron chi connectivity index (χ0n) is 10.0. The monoisotopic (exact) mass is 266 g/mol. The fourth-order valence-corrected chi connectivity index (χ4v) is 1.60. The molecule has 0 saturated heterocycles. The molecular formula is C12H14N2O3S. The maximum atomic E-state index is 11.4. The van der Waals surface area contributed by atoms with Crippen LogP contribution in [0, 0.1) is 11.3 Å². The summed E-state index contributed by atoms with van der Waals surface area (Å²) < 4.78 is 16.0. The molecule has 0 bridgehead atoms. The molecule has 0 spiro atoms. The summed E-state index contributed by atoms with van der Waals surface area (Å²) in [6, 6.07) is 8.69. The Balaban J connectivity index is 2.38. The molecule has 0 radical (unpaired) electrons. The molecular weight excluding hydrogens is 252 g/mol. The van der Waals surface area contributed by atoms with Crippen molar-refractivity contribution >= 4 is 16.7 Å². The van der Waals surface area contributed by atoms with E-state index in [1.165, 1.54) is 0 Å². The van der Waals surface area contributed by atoms with E-state index in [-0.39, 0.29) is 12.5 Å². The van der Waals surface area contributed by atoms with Gasteiger partial charge in [-0.3, -0.25) is 9.00 Å². The molecule has 1 atom stereocenters. The summed E-state index contributed by atoms with van der Waals surface area (Å²) in [6.07, 6.45) is 1.58. The van der Waals surface area contributed by atoms with E-state index >= 15 is 0 Å². The molecule has 1 aromatic carbocycles. The molecule has 6 heteroatoms. The van der Waals surface area contributed by atoms with E-state index in [2.05, 4.69) is 5.32 Å². The third kappa shape index (κ3) is 4.97. The predicted octanol–water partition coefficient (Wildman–Crippen LogP) is 0.432. The van der Waals surface area contributed by atoms with Crippen molar-refractivity contribution in [1.82, 2.24) is 5.32 Å². The minimum Gasteiger partial charge on any atom is -0.482 e. The van der Waals surface area contributed by atoms with Gasteiger partial charge in [0, 0.05) is 29.4 Å². The van der Waals surface area contributed by atoms with Gasteiger partial charge in [-0.2, -0.15) is 5.26 Å². The number of benzene rings is 1. The van der Waals surface area contributed by atoms with E-state index in [1.807, 2.05) is 6.07 Å². The Morgan fingerprint density at radius 3 is 2.89 bits per heavy atom. The Bertz CT molecular complexity index is 482. The molecule has 0 aliphatic rings. The van der Waals surface area contributed by atoms with Crippen molar-refractivity contribution in [3.63, 3.8) is 0 Å². The van der Waals surface area contributed by atoms with Crippen molar-refractivity contribution < 1.29 is 13.7 Å². The van der Waals surface area contributed by atoms with Crippen LogP contribution in [0.4, 0.5) is 0 Å². The molecule has 0 aromatic heterocycles. The lowest BCUT2D eigenvalue weighted by Gasteiger charge is -2.07. The van der Waals surface area contributed by atoms with Gasteiger partial charge in [-0.1, -0.05) is 12.1 Å². The quantitative estimate of drug-likeness (QED) is 0.810. The Morgan fingerprint density at radius 2 is 2.22 bits per heavy atom. The number of ether oxygens (including phenoxy) is 1. The van der Waals surface area contributed by atoms with Crippen LogP contribution in [0.5, 0.6) is 5.75 Å². The van der Waals surface area contributed by atoms with E-state index in [4.69, 9.17) is 10.00 Å². The number of rotatable bonds is 6. The van der Waals surface area contributed by atoms with Crippen molar-refractivity contribution in [3.8, 4) is 11.8 Å². The van der Waals surface area contributed by atoms with Crippen LogP contribution in [0.15, 0.2) is 24.3 Å². The Kier molecular flexibility index (Phi) is 5.88. The van der Waals surface area contributed by atoms with Crippen LogP contribution >= 0.6 is 0 Å². The molecule has 18 heavy (non-hydrogen) atoms. The van der Waals surface area contributed by atoms with Gasteiger partial charge in [0.15, 0.2) is 6.61 Å². The fourth-order valence-electron chi connectivity index (χ4n) is 1.21. The molecule has 0 saturated carbocycles. The second-order valence-electron chi connectivity index (χ2n) is 3.52. The summed E-state index contributed by atoms with van der Waals surface area (Å²) in [5.74, 6) is 0.503. The first kappa shape index (κ1) is 14.2. The molecule has 1 N–H and O–H groups in total. The third-order valence-electron chi connectivity index (χ3n) is 2.08. The highest BCUT2D eigenvalue weighted by Gasteiger charge is 2.05. The Hall–Kier alpha value is -1.87. The number of nitrogens with zero attached hydrogens (tertiary/aromatic N) is 1. The molecule has 1 unspecified atom stereocenters. The zero-order valence-corrected chi connectivity index (χ0v) is 10.8.